The smallest absolute Gasteiger partial charge is 0.326 e. The third-order valence-corrected chi connectivity index (χ3v) is 4.13. The minimum atomic E-state index is -4.43. The van der Waals surface area contributed by atoms with Gasteiger partial charge in [-0.1, -0.05) is 11.6 Å². The number of nitrogens with one attached hydrogen (secondary N) is 1. The van der Waals surface area contributed by atoms with E-state index in [-0.39, 0.29) is 5.02 Å². The molecule has 0 heterocycles. The molecule has 0 spiro atoms. The Morgan fingerprint density at radius 3 is 2.67 bits per heavy atom. The number of nitrogens with zero attached hydrogens (tertiary/aromatic N) is 1. The SMILES string of the molecule is COC(=O)C(CO)NS(=O)(=O)c1ccc(Cl)cc1[N+](=O)[O-]. The highest BCUT2D eigenvalue weighted by atomic mass is 35.5. The fourth-order valence-corrected chi connectivity index (χ4v) is 2.91. The molecule has 116 valence electrons. The van der Waals surface area contributed by atoms with Crippen molar-refractivity contribution in [2.45, 2.75) is 10.9 Å². The number of carbonyl (C=O) groups excluding carboxylic acids is 1. The minimum Gasteiger partial charge on any atom is -0.468 e. The highest BCUT2D eigenvalue weighted by molar-refractivity contribution is 7.89. The molecule has 0 amide bonds. The topological polar surface area (TPSA) is 136 Å². The first kappa shape index (κ1) is 17.3. The Kier molecular flexibility index (Phi) is 5.61. The van der Waals surface area contributed by atoms with Crippen LogP contribution in [-0.2, 0) is 19.6 Å². The molecule has 2 N–H and O–H groups in total. The number of aliphatic hydroxyl groups is 1. The van der Waals surface area contributed by atoms with Gasteiger partial charge in [0.15, 0.2) is 4.90 Å². The fourth-order valence-electron chi connectivity index (χ4n) is 1.41. The number of ether oxygens (including phenoxy) is 1. The van der Waals surface area contributed by atoms with Crippen molar-refractivity contribution >= 4 is 33.3 Å². The molecule has 0 radical (unpaired) electrons. The molecule has 0 bridgehead atoms. The summed E-state index contributed by atoms with van der Waals surface area (Å²) in [5, 5.41) is 19.8. The van der Waals surface area contributed by atoms with Crippen LogP contribution in [0.1, 0.15) is 0 Å². The van der Waals surface area contributed by atoms with Crippen molar-refractivity contribution < 1.29 is 28.0 Å². The fraction of sp³-hybridized carbons (Fsp3) is 0.300. The maximum atomic E-state index is 12.1. The zero-order valence-corrected chi connectivity index (χ0v) is 12.2. The van der Waals surface area contributed by atoms with E-state index in [4.69, 9.17) is 16.7 Å². The first-order chi connectivity index (χ1) is 9.72. The molecule has 0 aliphatic heterocycles. The van der Waals surface area contributed by atoms with Crippen LogP contribution in [0.2, 0.25) is 5.02 Å². The van der Waals surface area contributed by atoms with Crippen molar-refractivity contribution in [1.29, 1.82) is 0 Å². The summed E-state index contributed by atoms with van der Waals surface area (Å²) in [7, 11) is -3.43. The maximum absolute atomic E-state index is 12.1. The Labute approximate surface area is 124 Å². The van der Waals surface area contributed by atoms with Crippen LogP contribution in [0.4, 0.5) is 5.69 Å². The van der Waals surface area contributed by atoms with Gasteiger partial charge in [0.05, 0.1) is 18.6 Å². The number of sulfonamides is 1. The van der Waals surface area contributed by atoms with Crippen LogP contribution in [0.5, 0.6) is 0 Å². The summed E-state index contributed by atoms with van der Waals surface area (Å²) in [6.07, 6.45) is 0. The van der Waals surface area contributed by atoms with E-state index < -0.39 is 44.1 Å². The van der Waals surface area contributed by atoms with E-state index >= 15 is 0 Å². The molecular weight excluding hydrogens is 328 g/mol. The maximum Gasteiger partial charge on any atom is 0.326 e. The first-order valence-corrected chi connectivity index (χ1v) is 7.24. The summed E-state index contributed by atoms with van der Waals surface area (Å²) in [5.74, 6) is -1.03. The van der Waals surface area contributed by atoms with Gasteiger partial charge >= 0.3 is 5.97 Å². The molecule has 0 aromatic heterocycles. The Morgan fingerprint density at radius 2 is 2.19 bits per heavy atom. The monoisotopic (exact) mass is 338 g/mol. The molecule has 0 saturated heterocycles. The highest BCUT2D eigenvalue weighted by Gasteiger charge is 2.31. The first-order valence-electron chi connectivity index (χ1n) is 5.38. The number of methoxy groups -OCH3 is 1. The molecule has 0 aliphatic carbocycles. The Balaban J connectivity index is 3.25. The zero-order valence-electron chi connectivity index (χ0n) is 10.6. The second kappa shape index (κ2) is 6.80. The van der Waals surface area contributed by atoms with Gasteiger partial charge in [0, 0.05) is 11.1 Å². The van der Waals surface area contributed by atoms with Gasteiger partial charge in [0.25, 0.3) is 5.69 Å². The van der Waals surface area contributed by atoms with E-state index in [0.717, 1.165) is 25.3 Å². The van der Waals surface area contributed by atoms with Crippen LogP contribution < -0.4 is 4.72 Å². The second-order valence-electron chi connectivity index (χ2n) is 3.75. The molecule has 9 nitrogen and oxygen atoms in total. The van der Waals surface area contributed by atoms with E-state index in [1.165, 1.54) is 0 Å². The largest absolute Gasteiger partial charge is 0.468 e. The average Bonchev–Trinajstić information content (AvgIpc) is 2.43. The summed E-state index contributed by atoms with van der Waals surface area (Å²) in [6.45, 7) is -0.868. The third kappa shape index (κ3) is 4.11. The van der Waals surface area contributed by atoms with E-state index in [1.54, 1.807) is 0 Å². The standard InChI is InChI=1S/C10H11ClN2O7S/c1-20-10(15)7(5-14)12-21(18,19)9-3-2-6(11)4-8(9)13(16)17/h2-4,7,12,14H,5H2,1H3. The van der Waals surface area contributed by atoms with Crippen molar-refractivity contribution in [2.75, 3.05) is 13.7 Å². The number of halogens is 1. The number of esters is 1. The highest BCUT2D eigenvalue weighted by Crippen LogP contribution is 2.27. The third-order valence-electron chi connectivity index (χ3n) is 2.37. The Hall–Kier alpha value is -1.75. The molecule has 0 fully saturated rings. The van der Waals surface area contributed by atoms with Crippen LogP contribution in [0.25, 0.3) is 0 Å². The molecule has 0 saturated carbocycles. The van der Waals surface area contributed by atoms with Crippen LogP contribution in [0.15, 0.2) is 23.1 Å². The molecule has 11 heteroatoms. The zero-order chi connectivity index (χ0) is 16.2. The number of nitro benzene ring substituents is 1. The van der Waals surface area contributed by atoms with Gasteiger partial charge in [-0.2, -0.15) is 4.72 Å². The van der Waals surface area contributed by atoms with Gasteiger partial charge in [-0.25, -0.2) is 8.42 Å². The molecule has 1 aromatic rings. The minimum absolute atomic E-state index is 0.0210. The Morgan fingerprint density at radius 1 is 1.57 bits per heavy atom. The van der Waals surface area contributed by atoms with Gasteiger partial charge in [-0.15, -0.1) is 0 Å². The average molecular weight is 339 g/mol. The van der Waals surface area contributed by atoms with Crippen molar-refractivity contribution in [2.24, 2.45) is 0 Å². The summed E-state index contributed by atoms with van der Waals surface area (Å²) >= 11 is 5.58. The normalized spacial score (nSPS) is 12.7. The van der Waals surface area contributed by atoms with Gasteiger partial charge in [0.2, 0.25) is 10.0 Å². The number of hydrogen-bond acceptors (Lipinski definition) is 7. The number of rotatable bonds is 6. The lowest BCUT2D eigenvalue weighted by Gasteiger charge is -2.14. The lowest BCUT2D eigenvalue weighted by molar-refractivity contribution is -0.387. The van der Waals surface area contributed by atoms with Crippen LogP contribution in [0.3, 0.4) is 0 Å². The van der Waals surface area contributed by atoms with Gasteiger partial charge in [-0.05, 0) is 12.1 Å². The van der Waals surface area contributed by atoms with Gasteiger partial charge in [0.1, 0.15) is 6.04 Å². The molecule has 1 aromatic carbocycles. The summed E-state index contributed by atoms with van der Waals surface area (Å²) in [6, 6.07) is 1.36. The van der Waals surface area contributed by atoms with Crippen LogP contribution in [-0.4, -0.2) is 44.2 Å². The van der Waals surface area contributed by atoms with Crippen LogP contribution >= 0.6 is 11.6 Å². The van der Waals surface area contributed by atoms with Crippen LogP contribution in [0, 0.1) is 10.1 Å². The molecule has 0 aliphatic rings. The number of nitro groups is 1. The van der Waals surface area contributed by atoms with Gasteiger partial charge < -0.3 is 9.84 Å². The van der Waals surface area contributed by atoms with Crippen molar-refractivity contribution in [3.8, 4) is 0 Å². The van der Waals surface area contributed by atoms with E-state index in [0.29, 0.717) is 0 Å². The predicted molar refractivity (Wildman–Crippen MR) is 71.3 cm³/mol. The quantitative estimate of drug-likeness (QED) is 0.425. The van der Waals surface area contributed by atoms with Gasteiger partial charge in [-0.3, -0.25) is 14.9 Å². The van der Waals surface area contributed by atoms with E-state index in [2.05, 4.69) is 4.74 Å². The Bertz CT molecular complexity index is 661. The van der Waals surface area contributed by atoms with Crippen molar-refractivity contribution in [3.05, 3.63) is 33.3 Å². The van der Waals surface area contributed by atoms with E-state index in [9.17, 15) is 23.3 Å². The predicted octanol–water partition coefficient (Wildman–Crippen LogP) is 0.0604. The summed E-state index contributed by atoms with van der Waals surface area (Å²) in [4.78, 5) is 20.5. The second-order valence-corrected chi connectivity index (χ2v) is 5.87. The van der Waals surface area contributed by atoms with Crippen molar-refractivity contribution in [1.82, 2.24) is 4.72 Å². The molecule has 21 heavy (non-hydrogen) atoms. The summed E-state index contributed by atoms with van der Waals surface area (Å²) in [5.41, 5.74) is -0.753. The number of hydrogen-bond donors (Lipinski definition) is 2. The molecule has 1 atom stereocenters. The lowest BCUT2D eigenvalue weighted by Crippen LogP contribution is -2.44. The summed E-state index contributed by atoms with van der Waals surface area (Å²) < 4.78 is 30.3. The lowest BCUT2D eigenvalue weighted by atomic mass is 10.3. The number of carbonyl (C=O) groups is 1. The van der Waals surface area contributed by atoms with E-state index in [1.807, 2.05) is 4.72 Å². The number of benzene rings is 1. The van der Waals surface area contributed by atoms with Crippen molar-refractivity contribution in [3.63, 3.8) is 0 Å². The molecular formula is C10H11ClN2O7S. The number of aliphatic hydroxyl groups excluding tert-OH is 1. The molecule has 1 rings (SSSR count). The molecule has 1 unspecified atom stereocenters.